The van der Waals surface area contributed by atoms with Gasteiger partial charge in [-0.05, 0) is 36.2 Å². The fourth-order valence-corrected chi connectivity index (χ4v) is 2.87. The molecule has 7 heteroatoms. The van der Waals surface area contributed by atoms with Gasteiger partial charge in [-0.15, -0.1) is 0 Å². The van der Waals surface area contributed by atoms with Gasteiger partial charge in [0.05, 0.1) is 17.8 Å². The second-order valence-corrected chi connectivity index (χ2v) is 5.81. The lowest BCUT2D eigenvalue weighted by Crippen LogP contribution is -2.32. The maximum absolute atomic E-state index is 13.0. The number of carbonyl (C=O) groups is 1. The molecule has 0 aliphatic rings. The molecule has 24 heavy (non-hydrogen) atoms. The summed E-state index contributed by atoms with van der Waals surface area (Å²) in [6.07, 6.45) is 0.702. The first kappa shape index (κ1) is 16.3. The molecule has 3 aromatic rings. The molecule has 124 valence electrons. The number of rotatable bonds is 6. The number of carbonyl (C=O) groups excluding carboxylic acids is 1. The van der Waals surface area contributed by atoms with Crippen molar-refractivity contribution < 1.29 is 13.9 Å². The average molecular weight is 345 g/mol. The predicted octanol–water partition coefficient (Wildman–Crippen LogP) is 3.48. The summed E-state index contributed by atoms with van der Waals surface area (Å²) in [4.78, 5) is 12.1. The summed E-state index contributed by atoms with van der Waals surface area (Å²) >= 11 is 1.13. The lowest BCUT2D eigenvalue weighted by molar-refractivity contribution is -0.123. The molecule has 1 N–H and O–H groups in total. The molecule has 0 unspecified atom stereocenters. The van der Waals surface area contributed by atoms with Gasteiger partial charge in [0.15, 0.2) is 6.61 Å². The Kier molecular flexibility index (Phi) is 5.00. The molecule has 1 heterocycles. The topological polar surface area (TPSA) is 64.1 Å². The molecule has 5 nitrogen and oxygen atoms in total. The summed E-state index contributed by atoms with van der Waals surface area (Å²) in [6, 6.07) is 11.3. The Hall–Kier alpha value is -2.54. The SMILES string of the molecule is CC[C@@H](NC(=O)COc1ccc2nsnc2c1)c1ccc(F)cc1. The summed E-state index contributed by atoms with van der Waals surface area (Å²) in [7, 11) is 0. The van der Waals surface area contributed by atoms with Gasteiger partial charge in [-0.25, -0.2) is 4.39 Å². The van der Waals surface area contributed by atoms with E-state index in [1.165, 1.54) is 12.1 Å². The first-order valence-corrected chi connectivity index (χ1v) is 8.28. The quantitative estimate of drug-likeness (QED) is 0.743. The third kappa shape index (κ3) is 3.86. The molecule has 0 spiro atoms. The van der Waals surface area contributed by atoms with Crippen LogP contribution in [0.15, 0.2) is 42.5 Å². The summed E-state index contributed by atoms with van der Waals surface area (Å²) < 4.78 is 26.8. The van der Waals surface area contributed by atoms with Crippen molar-refractivity contribution in [2.75, 3.05) is 6.61 Å². The zero-order valence-electron chi connectivity index (χ0n) is 13.0. The van der Waals surface area contributed by atoms with E-state index < -0.39 is 0 Å². The van der Waals surface area contributed by atoms with Gasteiger partial charge in [-0.1, -0.05) is 19.1 Å². The van der Waals surface area contributed by atoms with Crippen LogP contribution in [-0.4, -0.2) is 21.3 Å². The summed E-state index contributed by atoms with van der Waals surface area (Å²) in [5, 5.41) is 2.89. The third-order valence-electron chi connectivity index (χ3n) is 3.61. The van der Waals surface area contributed by atoms with Crippen molar-refractivity contribution in [2.24, 2.45) is 0 Å². The Morgan fingerprint density at radius 1 is 1.21 bits per heavy atom. The molecular formula is C17H16FN3O2S. The highest BCUT2D eigenvalue weighted by molar-refractivity contribution is 7.00. The van der Waals surface area contributed by atoms with Gasteiger partial charge in [-0.3, -0.25) is 4.79 Å². The number of ether oxygens (including phenoxy) is 1. The van der Waals surface area contributed by atoms with Crippen LogP contribution in [0.3, 0.4) is 0 Å². The van der Waals surface area contributed by atoms with Gasteiger partial charge in [0.2, 0.25) is 0 Å². The second-order valence-electron chi connectivity index (χ2n) is 5.28. The Labute approximate surface area is 142 Å². The third-order valence-corrected chi connectivity index (χ3v) is 4.17. The zero-order valence-corrected chi connectivity index (χ0v) is 13.8. The molecule has 0 fully saturated rings. The molecule has 2 aromatic carbocycles. The molecule has 1 amide bonds. The molecule has 0 bridgehead atoms. The molecule has 0 aliphatic carbocycles. The maximum atomic E-state index is 13.0. The second kappa shape index (κ2) is 7.35. The average Bonchev–Trinajstić information content (AvgIpc) is 3.06. The largest absolute Gasteiger partial charge is 0.484 e. The Bertz CT molecular complexity index is 835. The van der Waals surface area contributed by atoms with Gasteiger partial charge >= 0.3 is 0 Å². The number of nitrogens with one attached hydrogen (secondary N) is 1. The fraction of sp³-hybridized carbons (Fsp3) is 0.235. The minimum atomic E-state index is -0.296. The number of amides is 1. The summed E-state index contributed by atoms with van der Waals surface area (Å²) in [5.74, 6) is 0.0399. The van der Waals surface area contributed by atoms with Crippen molar-refractivity contribution in [3.8, 4) is 5.75 Å². The van der Waals surface area contributed by atoms with Crippen molar-refractivity contribution in [1.82, 2.24) is 14.1 Å². The Balaban J connectivity index is 1.58. The first-order valence-electron chi connectivity index (χ1n) is 7.55. The summed E-state index contributed by atoms with van der Waals surface area (Å²) in [5.41, 5.74) is 2.41. The van der Waals surface area contributed by atoms with Crippen LogP contribution in [0, 0.1) is 5.82 Å². The summed E-state index contributed by atoms with van der Waals surface area (Å²) in [6.45, 7) is 1.86. The maximum Gasteiger partial charge on any atom is 0.258 e. The standard InChI is InChI=1S/C17H16FN3O2S/c1-2-14(11-3-5-12(18)6-4-11)19-17(22)10-23-13-7-8-15-16(9-13)21-24-20-15/h3-9,14H,2,10H2,1H3,(H,19,22)/t14-/m1/s1. The van der Waals surface area contributed by atoms with E-state index >= 15 is 0 Å². The van der Waals surface area contributed by atoms with E-state index in [1.54, 1.807) is 30.3 Å². The molecule has 0 saturated carbocycles. The first-order chi connectivity index (χ1) is 11.7. The number of nitrogens with zero attached hydrogens (tertiary/aromatic N) is 2. The number of aromatic nitrogens is 2. The van der Waals surface area contributed by atoms with Crippen LogP contribution in [0.5, 0.6) is 5.75 Å². The normalized spacial score (nSPS) is 12.1. The van der Waals surface area contributed by atoms with E-state index in [-0.39, 0.29) is 24.4 Å². The molecule has 0 radical (unpaired) electrons. The molecule has 1 atom stereocenters. The van der Waals surface area contributed by atoms with Gasteiger partial charge in [0.25, 0.3) is 5.91 Å². The molecule has 0 aliphatic heterocycles. The number of hydrogen-bond acceptors (Lipinski definition) is 5. The lowest BCUT2D eigenvalue weighted by atomic mass is 10.0. The number of halogens is 1. The highest BCUT2D eigenvalue weighted by atomic mass is 32.1. The van der Waals surface area contributed by atoms with E-state index in [0.717, 1.165) is 28.3 Å². The number of hydrogen-bond donors (Lipinski definition) is 1. The molecule has 0 saturated heterocycles. The van der Waals surface area contributed by atoms with E-state index in [0.29, 0.717) is 12.2 Å². The van der Waals surface area contributed by atoms with Gasteiger partial charge in [0.1, 0.15) is 22.6 Å². The van der Waals surface area contributed by atoms with E-state index in [4.69, 9.17) is 4.74 Å². The zero-order chi connectivity index (χ0) is 16.9. The monoisotopic (exact) mass is 345 g/mol. The van der Waals surface area contributed by atoms with E-state index in [2.05, 4.69) is 14.1 Å². The van der Waals surface area contributed by atoms with Crippen LogP contribution in [0.25, 0.3) is 11.0 Å². The van der Waals surface area contributed by atoms with Crippen molar-refractivity contribution in [1.29, 1.82) is 0 Å². The van der Waals surface area contributed by atoms with Crippen LogP contribution in [0.2, 0.25) is 0 Å². The highest BCUT2D eigenvalue weighted by Gasteiger charge is 2.13. The van der Waals surface area contributed by atoms with E-state index in [9.17, 15) is 9.18 Å². The van der Waals surface area contributed by atoms with Gasteiger partial charge < -0.3 is 10.1 Å². The van der Waals surface area contributed by atoms with Crippen LogP contribution in [-0.2, 0) is 4.79 Å². The van der Waals surface area contributed by atoms with Crippen LogP contribution >= 0.6 is 11.7 Å². The molecular weight excluding hydrogens is 329 g/mol. The van der Waals surface area contributed by atoms with Crippen molar-refractivity contribution in [3.05, 3.63) is 53.8 Å². The lowest BCUT2D eigenvalue weighted by Gasteiger charge is -2.17. The minimum absolute atomic E-state index is 0.0965. The number of fused-ring (bicyclic) bond motifs is 1. The minimum Gasteiger partial charge on any atom is -0.484 e. The molecule has 3 rings (SSSR count). The van der Waals surface area contributed by atoms with Crippen molar-refractivity contribution in [2.45, 2.75) is 19.4 Å². The Morgan fingerprint density at radius 2 is 1.96 bits per heavy atom. The Morgan fingerprint density at radius 3 is 2.71 bits per heavy atom. The fourth-order valence-electron chi connectivity index (χ4n) is 2.35. The van der Waals surface area contributed by atoms with Crippen LogP contribution in [0.4, 0.5) is 4.39 Å². The molecule has 1 aromatic heterocycles. The van der Waals surface area contributed by atoms with Gasteiger partial charge in [-0.2, -0.15) is 8.75 Å². The van der Waals surface area contributed by atoms with Crippen molar-refractivity contribution in [3.63, 3.8) is 0 Å². The highest BCUT2D eigenvalue weighted by Crippen LogP contribution is 2.19. The van der Waals surface area contributed by atoms with Crippen LogP contribution in [0.1, 0.15) is 24.9 Å². The van der Waals surface area contributed by atoms with Gasteiger partial charge in [0, 0.05) is 6.07 Å². The van der Waals surface area contributed by atoms with Crippen molar-refractivity contribution >= 4 is 28.7 Å². The van der Waals surface area contributed by atoms with Crippen LogP contribution < -0.4 is 10.1 Å². The number of benzene rings is 2. The van der Waals surface area contributed by atoms with E-state index in [1.807, 2.05) is 6.92 Å². The predicted molar refractivity (Wildman–Crippen MR) is 90.5 cm³/mol. The smallest absolute Gasteiger partial charge is 0.258 e.